The lowest BCUT2D eigenvalue weighted by atomic mass is 9.96. The summed E-state index contributed by atoms with van der Waals surface area (Å²) in [6.07, 6.45) is 2.74. The van der Waals surface area contributed by atoms with Gasteiger partial charge in [0.25, 0.3) is 0 Å². The quantitative estimate of drug-likeness (QED) is 0.449. The maximum Gasteiger partial charge on any atom is 0.223 e. The number of rotatable bonds is 8. The van der Waals surface area contributed by atoms with E-state index in [-0.39, 0.29) is 11.8 Å². The van der Waals surface area contributed by atoms with Gasteiger partial charge in [0, 0.05) is 44.3 Å². The van der Waals surface area contributed by atoms with Crippen LogP contribution in [-0.4, -0.2) is 43.6 Å². The summed E-state index contributed by atoms with van der Waals surface area (Å²) < 4.78 is 1.26. The summed E-state index contributed by atoms with van der Waals surface area (Å²) in [5.41, 5.74) is 6.18. The molecule has 1 aliphatic rings. The SMILES string of the molecule is CCN(CCCNC(=O)C1CCN(c2nc3c(C)cc(C)cc3s2)CC1)c1cccc(C)c1. The number of aryl methyl sites for hydroxylation is 3. The van der Waals surface area contributed by atoms with E-state index in [0.717, 1.165) is 62.6 Å². The van der Waals surface area contributed by atoms with Crippen molar-refractivity contribution in [2.75, 3.05) is 42.5 Å². The topological polar surface area (TPSA) is 48.5 Å². The molecule has 33 heavy (non-hydrogen) atoms. The Labute approximate surface area is 201 Å². The fraction of sp³-hybridized carbons (Fsp3) is 0.481. The summed E-state index contributed by atoms with van der Waals surface area (Å²) in [6.45, 7) is 13.0. The van der Waals surface area contributed by atoms with Crippen LogP contribution in [-0.2, 0) is 4.79 Å². The molecule has 2 heterocycles. The maximum absolute atomic E-state index is 12.7. The summed E-state index contributed by atoms with van der Waals surface area (Å²) in [4.78, 5) is 22.4. The first-order valence-electron chi connectivity index (χ1n) is 12.2. The molecule has 1 N–H and O–H groups in total. The van der Waals surface area contributed by atoms with Gasteiger partial charge in [0.15, 0.2) is 5.13 Å². The minimum atomic E-state index is 0.110. The average molecular weight is 465 g/mol. The number of benzene rings is 2. The number of anilines is 2. The number of amides is 1. The number of fused-ring (bicyclic) bond motifs is 1. The molecule has 0 saturated carbocycles. The van der Waals surface area contributed by atoms with Gasteiger partial charge in [0.2, 0.25) is 5.91 Å². The van der Waals surface area contributed by atoms with Gasteiger partial charge in [0.1, 0.15) is 0 Å². The van der Waals surface area contributed by atoms with E-state index >= 15 is 0 Å². The van der Waals surface area contributed by atoms with Crippen molar-refractivity contribution in [3.63, 3.8) is 0 Å². The van der Waals surface area contributed by atoms with Crippen LogP contribution in [0.4, 0.5) is 10.8 Å². The summed E-state index contributed by atoms with van der Waals surface area (Å²) in [7, 11) is 0. The number of thiazole rings is 1. The van der Waals surface area contributed by atoms with Crippen molar-refractivity contribution in [3.8, 4) is 0 Å². The third-order valence-electron chi connectivity index (χ3n) is 6.61. The second-order valence-electron chi connectivity index (χ2n) is 9.25. The average Bonchev–Trinajstić information content (AvgIpc) is 3.23. The molecule has 0 spiro atoms. The van der Waals surface area contributed by atoms with Gasteiger partial charge >= 0.3 is 0 Å². The van der Waals surface area contributed by atoms with Gasteiger partial charge in [-0.2, -0.15) is 0 Å². The fourth-order valence-electron chi connectivity index (χ4n) is 4.75. The van der Waals surface area contributed by atoms with E-state index in [4.69, 9.17) is 4.98 Å². The second-order valence-corrected chi connectivity index (χ2v) is 10.3. The minimum absolute atomic E-state index is 0.110. The predicted octanol–water partition coefficient (Wildman–Crippen LogP) is 5.47. The molecule has 1 aliphatic heterocycles. The Hall–Kier alpha value is -2.60. The van der Waals surface area contributed by atoms with Crippen LogP contribution in [0.5, 0.6) is 0 Å². The molecule has 1 amide bonds. The second kappa shape index (κ2) is 10.6. The molecule has 0 aliphatic carbocycles. The van der Waals surface area contributed by atoms with E-state index < -0.39 is 0 Å². The summed E-state index contributed by atoms with van der Waals surface area (Å²) >= 11 is 1.77. The van der Waals surface area contributed by atoms with E-state index in [1.54, 1.807) is 11.3 Å². The number of aromatic nitrogens is 1. The molecule has 0 radical (unpaired) electrons. The molecular weight excluding hydrogens is 428 g/mol. The Morgan fingerprint density at radius 1 is 1.15 bits per heavy atom. The number of nitrogens with one attached hydrogen (secondary N) is 1. The highest BCUT2D eigenvalue weighted by atomic mass is 32.1. The largest absolute Gasteiger partial charge is 0.372 e. The van der Waals surface area contributed by atoms with Crippen LogP contribution in [0.2, 0.25) is 0 Å². The van der Waals surface area contributed by atoms with Crippen LogP contribution in [0.3, 0.4) is 0 Å². The normalized spacial score (nSPS) is 14.6. The van der Waals surface area contributed by atoms with Gasteiger partial charge in [-0.25, -0.2) is 4.98 Å². The zero-order chi connectivity index (χ0) is 23.4. The Bertz CT molecular complexity index is 1100. The number of piperidine rings is 1. The Morgan fingerprint density at radius 2 is 1.94 bits per heavy atom. The van der Waals surface area contributed by atoms with E-state index in [1.807, 2.05) is 0 Å². The first-order chi connectivity index (χ1) is 15.9. The zero-order valence-electron chi connectivity index (χ0n) is 20.4. The number of nitrogens with zero attached hydrogens (tertiary/aromatic N) is 3. The molecule has 2 aromatic carbocycles. The molecule has 6 heteroatoms. The molecule has 0 bridgehead atoms. The van der Waals surface area contributed by atoms with Crippen molar-refractivity contribution < 1.29 is 4.79 Å². The molecule has 1 aromatic heterocycles. The molecular formula is C27H36N4OS. The Balaban J connectivity index is 1.23. The maximum atomic E-state index is 12.7. The molecule has 4 rings (SSSR count). The van der Waals surface area contributed by atoms with E-state index in [2.05, 4.69) is 79.2 Å². The highest BCUT2D eigenvalue weighted by Gasteiger charge is 2.26. The summed E-state index contributed by atoms with van der Waals surface area (Å²) in [5.74, 6) is 0.322. The molecule has 1 saturated heterocycles. The molecule has 5 nitrogen and oxygen atoms in total. The van der Waals surface area contributed by atoms with Crippen molar-refractivity contribution in [2.24, 2.45) is 5.92 Å². The van der Waals surface area contributed by atoms with Gasteiger partial charge in [-0.3, -0.25) is 4.79 Å². The molecule has 1 fully saturated rings. The highest BCUT2D eigenvalue weighted by Crippen LogP contribution is 2.33. The Morgan fingerprint density at radius 3 is 2.67 bits per heavy atom. The van der Waals surface area contributed by atoms with Gasteiger partial charge in [0.05, 0.1) is 10.2 Å². The van der Waals surface area contributed by atoms with E-state index in [0.29, 0.717) is 0 Å². The first kappa shape index (κ1) is 23.6. The lowest BCUT2D eigenvalue weighted by molar-refractivity contribution is -0.125. The minimum Gasteiger partial charge on any atom is -0.372 e. The van der Waals surface area contributed by atoms with Gasteiger partial charge < -0.3 is 15.1 Å². The number of carbonyl (C=O) groups excluding carboxylic acids is 1. The number of hydrogen-bond donors (Lipinski definition) is 1. The molecule has 0 unspecified atom stereocenters. The lowest BCUT2D eigenvalue weighted by Crippen LogP contribution is -2.41. The van der Waals surface area contributed by atoms with Crippen LogP contribution in [0.15, 0.2) is 36.4 Å². The van der Waals surface area contributed by atoms with Crippen molar-refractivity contribution in [2.45, 2.75) is 47.0 Å². The smallest absolute Gasteiger partial charge is 0.223 e. The third kappa shape index (κ3) is 5.67. The number of carbonyl (C=O) groups is 1. The standard InChI is InChI=1S/C27H36N4OS/c1-5-30(23-9-6-8-19(2)17-23)13-7-12-28-26(32)22-10-14-31(15-11-22)27-29-25-21(4)16-20(3)18-24(25)33-27/h6,8-9,16-18,22H,5,7,10-15H2,1-4H3,(H,28,32). The first-order valence-corrected chi connectivity index (χ1v) is 13.0. The van der Waals surface area contributed by atoms with Gasteiger partial charge in [-0.15, -0.1) is 0 Å². The summed E-state index contributed by atoms with van der Waals surface area (Å²) in [5, 5.41) is 4.28. The van der Waals surface area contributed by atoms with Crippen molar-refractivity contribution in [1.29, 1.82) is 0 Å². The van der Waals surface area contributed by atoms with Crippen molar-refractivity contribution >= 4 is 38.3 Å². The molecule has 0 atom stereocenters. The molecule has 176 valence electrons. The van der Waals surface area contributed by atoms with Crippen molar-refractivity contribution in [3.05, 3.63) is 53.1 Å². The van der Waals surface area contributed by atoms with Gasteiger partial charge in [-0.05, 0) is 81.8 Å². The number of hydrogen-bond acceptors (Lipinski definition) is 5. The van der Waals surface area contributed by atoms with Crippen molar-refractivity contribution in [1.82, 2.24) is 10.3 Å². The van der Waals surface area contributed by atoms with Crippen LogP contribution in [0.1, 0.15) is 42.9 Å². The summed E-state index contributed by atoms with van der Waals surface area (Å²) in [6, 6.07) is 13.0. The van der Waals surface area contributed by atoms with E-state index in [9.17, 15) is 4.79 Å². The molecule has 3 aromatic rings. The van der Waals surface area contributed by atoms with E-state index in [1.165, 1.54) is 27.1 Å². The van der Waals surface area contributed by atoms with Crippen LogP contribution in [0, 0.1) is 26.7 Å². The van der Waals surface area contributed by atoms with Crippen LogP contribution in [0.25, 0.3) is 10.2 Å². The zero-order valence-corrected chi connectivity index (χ0v) is 21.2. The van der Waals surface area contributed by atoms with Gasteiger partial charge in [-0.1, -0.05) is 29.5 Å². The predicted molar refractivity (Wildman–Crippen MR) is 141 cm³/mol. The highest BCUT2D eigenvalue weighted by molar-refractivity contribution is 7.22. The third-order valence-corrected chi connectivity index (χ3v) is 7.67. The lowest BCUT2D eigenvalue weighted by Gasteiger charge is -2.31. The van der Waals surface area contributed by atoms with Crippen LogP contribution >= 0.6 is 11.3 Å². The Kier molecular flexibility index (Phi) is 7.53. The van der Waals surface area contributed by atoms with Crippen LogP contribution < -0.4 is 15.1 Å². The fourth-order valence-corrected chi connectivity index (χ4v) is 5.94. The monoisotopic (exact) mass is 464 g/mol.